The van der Waals surface area contributed by atoms with E-state index in [0.717, 1.165) is 18.9 Å². The fourth-order valence-corrected chi connectivity index (χ4v) is 2.95. The topological polar surface area (TPSA) is 21.3 Å². The molecule has 1 rings (SSSR count). The van der Waals surface area contributed by atoms with Crippen molar-refractivity contribution < 1.29 is 4.74 Å². The summed E-state index contributed by atoms with van der Waals surface area (Å²) in [6.07, 6.45) is 5.32. The molecule has 1 saturated carbocycles. The van der Waals surface area contributed by atoms with Crippen LogP contribution in [-0.4, -0.2) is 25.8 Å². The summed E-state index contributed by atoms with van der Waals surface area (Å²) in [4.78, 5) is 0. The van der Waals surface area contributed by atoms with Crippen molar-refractivity contribution in [1.82, 2.24) is 5.32 Å². The second-order valence-electron chi connectivity index (χ2n) is 8.49. The zero-order chi connectivity index (χ0) is 14.7. The van der Waals surface area contributed by atoms with Crippen LogP contribution in [0.15, 0.2) is 0 Å². The first kappa shape index (κ1) is 17.0. The third-order valence-corrected chi connectivity index (χ3v) is 4.57. The second-order valence-corrected chi connectivity index (χ2v) is 8.49. The highest BCUT2D eigenvalue weighted by Gasteiger charge is 2.35. The number of likely N-dealkylation sites (N-methyl/N-ethyl adjacent to an activating group) is 1. The van der Waals surface area contributed by atoms with E-state index in [-0.39, 0.29) is 0 Å². The molecule has 3 atom stereocenters. The summed E-state index contributed by atoms with van der Waals surface area (Å²) in [5, 5.41) is 3.45. The average molecular weight is 269 g/mol. The van der Waals surface area contributed by atoms with Crippen molar-refractivity contribution in [3.63, 3.8) is 0 Å². The van der Waals surface area contributed by atoms with Gasteiger partial charge in [-0.3, -0.25) is 0 Å². The quantitative estimate of drug-likeness (QED) is 0.824. The number of hydrogen-bond acceptors (Lipinski definition) is 2. The number of ether oxygens (including phenoxy) is 1. The van der Waals surface area contributed by atoms with Crippen LogP contribution in [0.5, 0.6) is 0 Å². The van der Waals surface area contributed by atoms with Crippen molar-refractivity contribution in [2.45, 2.75) is 79.4 Å². The van der Waals surface area contributed by atoms with E-state index in [9.17, 15) is 0 Å². The van der Waals surface area contributed by atoms with Gasteiger partial charge in [-0.15, -0.1) is 0 Å². The molecular weight excluding hydrogens is 234 g/mol. The Morgan fingerprint density at radius 3 is 2.16 bits per heavy atom. The molecule has 0 heterocycles. The van der Waals surface area contributed by atoms with Crippen molar-refractivity contribution in [3.05, 3.63) is 0 Å². The molecule has 1 aliphatic carbocycles. The van der Waals surface area contributed by atoms with Gasteiger partial charge in [0, 0.05) is 12.6 Å². The first-order valence-electron chi connectivity index (χ1n) is 7.92. The van der Waals surface area contributed by atoms with Gasteiger partial charge in [0.25, 0.3) is 0 Å². The van der Waals surface area contributed by atoms with E-state index in [2.05, 4.69) is 53.9 Å². The molecule has 114 valence electrons. The smallest absolute Gasteiger partial charge is 0.0730 e. The summed E-state index contributed by atoms with van der Waals surface area (Å²) in [6, 6.07) is 0.540. The van der Waals surface area contributed by atoms with Gasteiger partial charge >= 0.3 is 0 Å². The molecule has 1 fully saturated rings. The number of nitrogens with one attached hydrogen (secondary N) is 1. The molecule has 2 heteroatoms. The Hall–Kier alpha value is -0.0800. The second kappa shape index (κ2) is 6.58. The molecule has 2 nitrogen and oxygen atoms in total. The molecule has 0 aromatic carbocycles. The maximum absolute atomic E-state index is 6.23. The van der Waals surface area contributed by atoms with Crippen molar-refractivity contribution in [3.8, 4) is 0 Å². The monoisotopic (exact) mass is 269 g/mol. The minimum atomic E-state index is 0.368. The largest absolute Gasteiger partial charge is 0.377 e. The third kappa shape index (κ3) is 5.83. The lowest BCUT2D eigenvalue weighted by atomic mass is 9.70. The Kier molecular flexibility index (Phi) is 5.88. The van der Waals surface area contributed by atoms with Gasteiger partial charge in [0.1, 0.15) is 0 Å². The third-order valence-electron chi connectivity index (χ3n) is 4.57. The minimum Gasteiger partial charge on any atom is -0.377 e. The zero-order valence-electron chi connectivity index (χ0n) is 14.2. The van der Waals surface area contributed by atoms with Crippen LogP contribution < -0.4 is 5.32 Å². The van der Waals surface area contributed by atoms with Crippen LogP contribution in [-0.2, 0) is 4.74 Å². The SMILES string of the molecule is CNC1CCC(C(C)(C)C)CC1OCCC(C)(C)C. The van der Waals surface area contributed by atoms with Crippen molar-refractivity contribution in [1.29, 1.82) is 0 Å². The molecule has 0 amide bonds. The molecule has 1 N–H and O–H groups in total. The van der Waals surface area contributed by atoms with E-state index >= 15 is 0 Å². The summed E-state index contributed by atoms with van der Waals surface area (Å²) in [6.45, 7) is 14.8. The normalized spacial score (nSPS) is 29.5. The summed E-state index contributed by atoms with van der Waals surface area (Å²) in [7, 11) is 2.07. The molecular formula is C17H35NO. The van der Waals surface area contributed by atoms with Crippen LogP contribution in [0.2, 0.25) is 0 Å². The molecule has 3 unspecified atom stereocenters. The van der Waals surface area contributed by atoms with Gasteiger partial charge in [0.2, 0.25) is 0 Å². The van der Waals surface area contributed by atoms with Crippen LogP contribution in [0.25, 0.3) is 0 Å². The van der Waals surface area contributed by atoms with Gasteiger partial charge in [0.15, 0.2) is 0 Å². The molecule has 0 aliphatic heterocycles. The van der Waals surface area contributed by atoms with Crippen LogP contribution in [0.4, 0.5) is 0 Å². The fourth-order valence-electron chi connectivity index (χ4n) is 2.95. The lowest BCUT2D eigenvalue weighted by molar-refractivity contribution is -0.0333. The van der Waals surface area contributed by atoms with Gasteiger partial charge in [-0.1, -0.05) is 41.5 Å². The van der Waals surface area contributed by atoms with E-state index in [4.69, 9.17) is 4.74 Å². The van der Waals surface area contributed by atoms with Crippen LogP contribution >= 0.6 is 0 Å². The van der Waals surface area contributed by atoms with E-state index in [0.29, 0.717) is 23.0 Å². The highest BCUT2D eigenvalue weighted by molar-refractivity contribution is 4.89. The first-order valence-corrected chi connectivity index (χ1v) is 7.92. The summed E-state index contributed by atoms with van der Waals surface area (Å²) < 4.78 is 6.23. The van der Waals surface area contributed by atoms with Crippen LogP contribution in [0.3, 0.4) is 0 Å². The van der Waals surface area contributed by atoms with Gasteiger partial charge in [-0.25, -0.2) is 0 Å². The summed E-state index contributed by atoms with van der Waals surface area (Å²) >= 11 is 0. The molecule has 0 spiro atoms. The van der Waals surface area contributed by atoms with Crippen molar-refractivity contribution >= 4 is 0 Å². The van der Waals surface area contributed by atoms with Crippen molar-refractivity contribution in [2.24, 2.45) is 16.7 Å². The predicted molar refractivity (Wildman–Crippen MR) is 83.5 cm³/mol. The van der Waals surface area contributed by atoms with Gasteiger partial charge in [-0.05, 0) is 49.5 Å². The van der Waals surface area contributed by atoms with Crippen LogP contribution in [0.1, 0.15) is 67.2 Å². The molecule has 1 aliphatic rings. The molecule has 0 saturated heterocycles. The van der Waals surface area contributed by atoms with Crippen LogP contribution in [0, 0.1) is 16.7 Å². The minimum absolute atomic E-state index is 0.368. The van der Waals surface area contributed by atoms with Gasteiger partial charge in [-0.2, -0.15) is 0 Å². The van der Waals surface area contributed by atoms with E-state index in [1.54, 1.807) is 0 Å². The predicted octanol–water partition coefficient (Wildman–Crippen LogP) is 4.24. The summed E-state index contributed by atoms with van der Waals surface area (Å²) in [5.41, 5.74) is 0.775. The van der Waals surface area contributed by atoms with E-state index in [1.807, 2.05) is 0 Å². The highest BCUT2D eigenvalue weighted by Crippen LogP contribution is 2.39. The Balaban J connectivity index is 2.51. The van der Waals surface area contributed by atoms with Crippen molar-refractivity contribution in [2.75, 3.05) is 13.7 Å². The zero-order valence-corrected chi connectivity index (χ0v) is 14.2. The Labute approximate surface area is 120 Å². The Bertz CT molecular complexity index is 261. The molecule has 0 aromatic rings. The maximum atomic E-state index is 6.23. The average Bonchev–Trinajstić information content (AvgIpc) is 2.26. The van der Waals surface area contributed by atoms with Gasteiger partial charge < -0.3 is 10.1 Å². The Morgan fingerprint density at radius 1 is 1.05 bits per heavy atom. The highest BCUT2D eigenvalue weighted by atomic mass is 16.5. The fraction of sp³-hybridized carbons (Fsp3) is 1.00. The first-order chi connectivity index (χ1) is 8.63. The molecule has 19 heavy (non-hydrogen) atoms. The lowest BCUT2D eigenvalue weighted by Gasteiger charge is -2.41. The molecule has 0 aromatic heterocycles. The number of hydrogen-bond donors (Lipinski definition) is 1. The number of rotatable bonds is 4. The standard InChI is InChI=1S/C17H35NO/c1-16(2,3)10-11-19-15-12-13(17(4,5)6)8-9-14(15)18-7/h13-15,18H,8-12H2,1-7H3. The Morgan fingerprint density at radius 2 is 1.68 bits per heavy atom. The van der Waals surface area contributed by atoms with E-state index < -0.39 is 0 Å². The van der Waals surface area contributed by atoms with Gasteiger partial charge in [0.05, 0.1) is 6.10 Å². The van der Waals surface area contributed by atoms with E-state index in [1.165, 1.54) is 19.3 Å². The summed E-state index contributed by atoms with van der Waals surface area (Å²) in [5.74, 6) is 0.789. The maximum Gasteiger partial charge on any atom is 0.0730 e. The molecule has 0 radical (unpaired) electrons. The lowest BCUT2D eigenvalue weighted by Crippen LogP contribution is -2.46. The molecule has 0 bridgehead atoms.